The van der Waals surface area contributed by atoms with Crippen molar-refractivity contribution in [3.8, 4) is 5.75 Å². The predicted molar refractivity (Wildman–Crippen MR) is 104 cm³/mol. The van der Waals surface area contributed by atoms with Gasteiger partial charge >= 0.3 is 0 Å². The molecule has 6 heteroatoms. The van der Waals surface area contributed by atoms with E-state index >= 15 is 0 Å². The molecule has 0 atom stereocenters. The molecule has 1 aliphatic carbocycles. The number of ether oxygens (including phenoxy) is 2. The van der Waals surface area contributed by atoms with Gasteiger partial charge in [-0.25, -0.2) is 0 Å². The van der Waals surface area contributed by atoms with Crippen LogP contribution in [0.15, 0.2) is 18.2 Å². The number of hydrogen-bond donors (Lipinski definition) is 1. The Bertz CT molecular complexity index is 677. The van der Waals surface area contributed by atoms with Gasteiger partial charge < -0.3 is 19.7 Å². The first kappa shape index (κ1) is 19.7. The summed E-state index contributed by atoms with van der Waals surface area (Å²) >= 11 is 0. The van der Waals surface area contributed by atoms with Crippen LogP contribution in [0.4, 0.5) is 5.69 Å². The van der Waals surface area contributed by atoms with Crippen LogP contribution in [-0.4, -0.2) is 50.1 Å². The molecule has 27 heavy (non-hydrogen) atoms. The number of carbonyl (C=O) groups excluding carboxylic acids is 2. The van der Waals surface area contributed by atoms with Crippen molar-refractivity contribution in [2.45, 2.75) is 45.4 Å². The Morgan fingerprint density at radius 2 is 1.89 bits per heavy atom. The Balaban J connectivity index is 1.66. The highest BCUT2D eigenvalue weighted by Crippen LogP contribution is 2.45. The number of anilines is 1. The van der Waals surface area contributed by atoms with E-state index in [0.717, 1.165) is 31.2 Å². The second-order valence-electron chi connectivity index (χ2n) is 7.81. The zero-order valence-corrected chi connectivity index (χ0v) is 16.4. The summed E-state index contributed by atoms with van der Waals surface area (Å²) in [6.45, 7) is 4.50. The van der Waals surface area contributed by atoms with Gasteiger partial charge in [-0.15, -0.1) is 0 Å². The van der Waals surface area contributed by atoms with Gasteiger partial charge in [-0.3, -0.25) is 9.59 Å². The average molecular weight is 374 g/mol. The van der Waals surface area contributed by atoms with Gasteiger partial charge in [-0.05, 0) is 42.9 Å². The lowest BCUT2D eigenvalue weighted by Gasteiger charge is -2.33. The summed E-state index contributed by atoms with van der Waals surface area (Å²) < 4.78 is 10.7. The molecule has 0 aromatic heterocycles. The second kappa shape index (κ2) is 8.74. The molecule has 0 unspecified atom stereocenters. The predicted octanol–water partition coefficient (Wildman–Crippen LogP) is 3.14. The van der Waals surface area contributed by atoms with Gasteiger partial charge in [0.15, 0.2) is 0 Å². The molecule has 1 heterocycles. The van der Waals surface area contributed by atoms with E-state index in [2.05, 4.69) is 5.32 Å². The lowest BCUT2D eigenvalue weighted by atomic mass is 9.78. The van der Waals surface area contributed by atoms with Crippen LogP contribution < -0.4 is 10.1 Å². The third-order valence-electron chi connectivity index (χ3n) is 5.72. The first-order chi connectivity index (χ1) is 13.0. The van der Waals surface area contributed by atoms with Crippen LogP contribution in [0, 0.1) is 12.3 Å². The third-order valence-corrected chi connectivity index (χ3v) is 5.72. The van der Waals surface area contributed by atoms with E-state index in [1.807, 2.05) is 30.0 Å². The maximum atomic E-state index is 12.8. The minimum Gasteiger partial charge on any atom is -0.495 e. The van der Waals surface area contributed by atoms with Crippen LogP contribution in [0.25, 0.3) is 0 Å². The summed E-state index contributed by atoms with van der Waals surface area (Å²) in [4.78, 5) is 27.4. The fourth-order valence-electron chi connectivity index (χ4n) is 4.24. The summed E-state index contributed by atoms with van der Waals surface area (Å²) in [6.07, 6.45) is 4.85. The highest BCUT2D eigenvalue weighted by molar-refractivity contribution is 5.93. The number of amides is 2. The monoisotopic (exact) mass is 374 g/mol. The van der Waals surface area contributed by atoms with Gasteiger partial charge in [0.2, 0.25) is 11.8 Å². The average Bonchev–Trinajstić information content (AvgIpc) is 3.10. The molecule has 1 aliphatic heterocycles. The van der Waals surface area contributed by atoms with E-state index in [4.69, 9.17) is 9.47 Å². The summed E-state index contributed by atoms with van der Waals surface area (Å²) in [7, 11) is 1.60. The zero-order valence-electron chi connectivity index (χ0n) is 16.4. The molecule has 3 rings (SSSR count). The molecule has 0 spiro atoms. The van der Waals surface area contributed by atoms with Gasteiger partial charge in [0.25, 0.3) is 0 Å². The number of rotatable bonds is 6. The van der Waals surface area contributed by atoms with Crippen molar-refractivity contribution in [1.29, 1.82) is 0 Å². The molecular weight excluding hydrogens is 344 g/mol. The maximum absolute atomic E-state index is 12.8. The van der Waals surface area contributed by atoms with Gasteiger partial charge in [0.1, 0.15) is 5.75 Å². The number of carbonyl (C=O) groups is 2. The highest BCUT2D eigenvalue weighted by atomic mass is 16.5. The summed E-state index contributed by atoms with van der Waals surface area (Å²) in [6, 6.07) is 5.73. The molecule has 2 aliphatic rings. The van der Waals surface area contributed by atoms with E-state index in [0.29, 0.717) is 50.6 Å². The molecule has 0 bridgehead atoms. The smallest absolute Gasteiger partial charge is 0.225 e. The third kappa shape index (κ3) is 5.01. The van der Waals surface area contributed by atoms with E-state index in [1.54, 1.807) is 7.11 Å². The fraction of sp³-hybridized carbons (Fsp3) is 0.619. The van der Waals surface area contributed by atoms with Crippen LogP contribution in [-0.2, 0) is 14.3 Å². The number of methoxy groups -OCH3 is 1. The largest absolute Gasteiger partial charge is 0.495 e. The Morgan fingerprint density at radius 3 is 2.56 bits per heavy atom. The second-order valence-corrected chi connectivity index (χ2v) is 7.81. The number of benzene rings is 1. The Kier molecular flexibility index (Phi) is 6.37. The van der Waals surface area contributed by atoms with Crippen molar-refractivity contribution in [1.82, 2.24) is 4.90 Å². The van der Waals surface area contributed by atoms with Crippen LogP contribution in [0.3, 0.4) is 0 Å². The van der Waals surface area contributed by atoms with Gasteiger partial charge in [0, 0.05) is 25.9 Å². The Labute approximate surface area is 161 Å². The van der Waals surface area contributed by atoms with E-state index < -0.39 is 0 Å². The molecule has 148 valence electrons. The quantitative estimate of drug-likeness (QED) is 0.831. The van der Waals surface area contributed by atoms with Crippen molar-refractivity contribution in [3.63, 3.8) is 0 Å². The minimum atomic E-state index is -0.226. The number of morpholine rings is 1. The normalized spacial score (nSPS) is 19.0. The van der Waals surface area contributed by atoms with E-state index in [-0.39, 0.29) is 17.2 Å². The number of hydrogen-bond acceptors (Lipinski definition) is 4. The summed E-state index contributed by atoms with van der Waals surface area (Å²) in [5.74, 6) is 0.760. The topological polar surface area (TPSA) is 67.9 Å². The van der Waals surface area contributed by atoms with Crippen molar-refractivity contribution in [2.75, 3.05) is 38.7 Å². The van der Waals surface area contributed by atoms with Crippen LogP contribution in [0.2, 0.25) is 0 Å². The molecule has 6 nitrogen and oxygen atoms in total. The van der Waals surface area contributed by atoms with E-state index in [9.17, 15) is 9.59 Å². The van der Waals surface area contributed by atoms with Crippen LogP contribution in [0.1, 0.15) is 44.1 Å². The Hall–Kier alpha value is -2.08. The first-order valence-corrected chi connectivity index (χ1v) is 9.81. The highest BCUT2D eigenvalue weighted by Gasteiger charge is 2.39. The Morgan fingerprint density at radius 1 is 1.19 bits per heavy atom. The zero-order chi connectivity index (χ0) is 19.3. The molecule has 2 fully saturated rings. The van der Waals surface area contributed by atoms with E-state index in [1.165, 1.54) is 0 Å². The molecule has 1 saturated carbocycles. The van der Waals surface area contributed by atoms with Gasteiger partial charge in [-0.2, -0.15) is 0 Å². The van der Waals surface area contributed by atoms with Crippen molar-refractivity contribution >= 4 is 17.5 Å². The van der Waals surface area contributed by atoms with Crippen LogP contribution >= 0.6 is 0 Å². The van der Waals surface area contributed by atoms with Gasteiger partial charge in [0.05, 0.1) is 26.0 Å². The van der Waals surface area contributed by atoms with Crippen molar-refractivity contribution in [2.24, 2.45) is 5.41 Å². The van der Waals surface area contributed by atoms with Crippen molar-refractivity contribution in [3.05, 3.63) is 23.8 Å². The van der Waals surface area contributed by atoms with Crippen molar-refractivity contribution < 1.29 is 19.1 Å². The first-order valence-electron chi connectivity index (χ1n) is 9.81. The number of nitrogens with zero attached hydrogens (tertiary/aromatic N) is 1. The fourth-order valence-corrected chi connectivity index (χ4v) is 4.24. The molecule has 1 aromatic carbocycles. The molecular formula is C21H30N2O4. The molecule has 0 radical (unpaired) electrons. The summed E-state index contributed by atoms with van der Waals surface area (Å²) in [5.41, 5.74) is 1.52. The lowest BCUT2D eigenvalue weighted by Crippen LogP contribution is -2.43. The molecule has 2 amide bonds. The number of nitrogens with one attached hydrogen (secondary N) is 1. The number of aryl methyl sites for hydroxylation is 1. The lowest BCUT2D eigenvalue weighted by molar-refractivity contribution is -0.138. The maximum Gasteiger partial charge on any atom is 0.225 e. The summed E-state index contributed by atoms with van der Waals surface area (Å²) in [5, 5.41) is 3.00. The van der Waals surface area contributed by atoms with Gasteiger partial charge in [-0.1, -0.05) is 18.9 Å². The SMILES string of the molecule is COc1ccc(C)cc1NC(=O)CC1(CC(=O)N2CCOCC2)CCCC1. The molecule has 1 saturated heterocycles. The minimum absolute atomic E-state index is 0.0458. The standard InChI is InChI=1S/C21H30N2O4/c1-16-5-6-18(26-2)17(13-16)22-19(24)14-21(7-3-4-8-21)15-20(25)23-9-11-27-12-10-23/h5-6,13H,3-4,7-12,14-15H2,1-2H3,(H,22,24). The van der Waals surface area contributed by atoms with Crippen LogP contribution in [0.5, 0.6) is 5.75 Å². The molecule has 1 aromatic rings. The molecule has 1 N–H and O–H groups in total.